The summed E-state index contributed by atoms with van der Waals surface area (Å²) in [5, 5.41) is 9.90. The molecule has 1 heterocycles. The van der Waals surface area contributed by atoms with Gasteiger partial charge in [-0.2, -0.15) is 0 Å². The molecule has 1 unspecified atom stereocenters. The van der Waals surface area contributed by atoms with Gasteiger partial charge in [0, 0.05) is 6.42 Å². The molecule has 0 saturated heterocycles. The molecule has 1 aliphatic heterocycles. The standard InChI is InChI=1S/C9H7BrClFO2/c10-4-3-5(11)9-7(8(4)12)6(13)1-2-14-9/h3,6,13H,1-2H2. The predicted molar refractivity (Wildman–Crippen MR) is 54.2 cm³/mol. The van der Waals surface area contributed by atoms with Crippen LogP contribution in [0.3, 0.4) is 0 Å². The average Bonchev–Trinajstić information content (AvgIpc) is 2.14. The third-order valence-corrected chi connectivity index (χ3v) is 2.99. The molecule has 76 valence electrons. The molecule has 0 spiro atoms. The second-order valence-corrected chi connectivity index (χ2v) is 4.31. The molecule has 0 aromatic heterocycles. The molecule has 0 amide bonds. The van der Waals surface area contributed by atoms with Gasteiger partial charge in [-0.05, 0) is 22.0 Å². The fraction of sp³-hybridized carbons (Fsp3) is 0.333. The van der Waals surface area contributed by atoms with Gasteiger partial charge in [-0.25, -0.2) is 4.39 Å². The van der Waals surface area contributed by atoms with E-state index in [-0.39, 0.29) is 15.8 Å². The van der Waals surface area contributed by atoms with Gasteiger partial charge in [-0.1, -0.05) is 11.6 Å². The highest BCUT2D eigenvalue weighted by Gasteiger charge is 2.27. The topological polar surface area (TPSA) is 29.5 Å². The van der Waals surface area contributed by atoms with Crippen molar-refractivity contribution in [1.82, 2.24) is 0 Å². The first-order valence-electron chi connectivity index (χ1n) is 4.09. The lowest BCUT2D eigenvalue weighted by Gasteiger charge is -2.23. The maximum atomic E-state index is 13.6. The smallest absolute Gasteiger partial charge is 0.147 e. The molecule has 0 bridgehead atoms. The quantitative estimate of drug-likeness (QED) is 0.741. The van der Waals surface area contributed by atoms with E-state index < -0.39 is 11.9 Å². The minimum atomic E-state index is -0.839. The Morgan fingerprint density at radius 2 is 2.36 bits per heavy atom. The Morgan fingerprint density at radius 1 is 1.64 bits per heavy atom. The molecule has 1 aromatic carbocycles. The number of aliphatic hydroxyl groups excluding tert-OH is 1. The molecular weight excluding hydrogens is 274 g/mol. The van der Waals surface area contributed by atoms with Crippen molar-refractivity contribution in [3.63, 3.8) is 0 Å². The molecule has 0 fully saturated rings. The fourth-order valence-electron chi connectivity index (χ4n) is 1.46. The van der Waals surface area contributed by atoms with Crippen LogP contribution in [-0.2, 0) is 0 Å². The largest absolute Gasteiger partial charge is 0.491 e. The lowest BCUT2D eigenvalue weighted by Crippen LogP contribution is -2.16. The van der Waals surface area contributed by atoms with Crippen molar-refractivity contribution in [2.24, 2.45) is 0 Å². The van der Waals surface area contributed by atoms with Gasteiger partial charge < -0.3 is 9.84 Å². The molecular formula is C9H7BrClFO2. The number of rotatable bonds is 0. The van der Waals surface area contributed by atoms with Crippen LogP contribution in [0.1, 0.15) is 18.1 Å². The number of hydrogen-bond donors (Lipinski definition) is 1. The highest BCUT2D eigenvalue weighted by molar-refractivity contribution is 9.10. The lowest BCUT2D eigenvalue weighted by atomic mass is 10.0. The minimum absolute atomic E-state index is 0.149. The molecule has 0 radical (unpaired) electrons. The first kappa shape index (κ1) is 10.2. The molecule has 1 aromatic rings. The normalized spacial score (nSPS) is 20.1. The van der Waals surface area contributed by atoms with Crippen molar-refractivity contribution >= 4 is 27.5 Å². The molecule has 1 aliphatic rings. The summed E-state index contributed by atoms with van der Waals surface area (Å²) in [5.41, 5.74) is 0.149. The van der Waals surface area contributed by atoms with Crippen LogP contribution in [0.2, 0.25) is 5.02 Å². The SMILES string of the molecule is OC1CCOc2c(Cl)cc(Br)c(F)c21. The van der Waals surface area contributed by atoms with E-state index in [1.165, 1.54) is 6.07 Å². The van der Waals surface area contributed by atoms with Gasteiger partial charge in [0.25, 0.3) is 0 Å². The van der Waals surface area contributed by atoms with Crippen molar-refractivity contribution in [3.05, 3.63) is 26.9 Å². The zero-order valence-electron chi connectivity index (χ0n) is 7.06. The number of fused-ring (bicyclic) bond motifs is 1. The summed E-state index contributed by atoms with van der Waals surface area (Å²) in [7, 11) is 0. The average molecular weight is 282 g/mol. The Hall–Kier alpha value is -0.320. The van der Waals surface area contributed by atoms with Crippen molar-refractivity contribution < 1.29 is 14.2 Å². The van der Waals surface area contributed by atoms with Crippen LogP contribution in [0.5, 0.6) is 5.75 Å². The van der Waals surface area contributed by atoms with Crippen LogP contribution in [0.15, 0.2) is 10.5 Å². The van der Waals surface area contributed by atoms with Crippen LogP contribution in [0.4, 0.5) is 4.39 Å². The first-order valence-corrected chi connectivity index (χ1v) is 5.26. The molecule has 2 rings (SSSR count). The zero-order valence-corrected chi connectivity index (χ0v) is 9.40. The number of benzene rings is 1. The highest BCUT2D eigenvalue weighted by atomic mass is 79.9. The number of hydrogen-bond acceptors (Lipinski definition) is 2. The fourth-order valence-corrected chi connectivity index (χ4v) is 2.30. The summed E-state index contributed by atoms with van der Waals surface area (Å²) in [6.07, 6.45) is -0.454. The zero-order chi connectivity index (χ0) is 10.3. The summed E-state index contributed by atoms with van der Waals surface area (Å²) in [6.45, 7) is 0.356. The Kier molecular flexibility index (Phi) is 2.68. The molecule has 1 atom stereocenters. The van der Waals surface area contributed by atoms with Crippen LogP contribution in [0.25, 0.3) is 0 Å². The van der Waals surface area contributed by atoms with Crippen LogP contribution in [-0.4, -0.2) is 11.7 Å². The highest BCUT2D eigenvalue weighted by Crippen LogP contribution is 2.42. The van der Waals surface area contributed by atoms with Crippen LogP contribution >= 0.6 is 27.5 Å². The second-order valence-electron chi connectivity index (χ2n) is 3.05. The molecule has 2 nitrogen and oxygen atoms in total. The van der Waals surface area contributed by atoms with E-state index in [1.54, 1.807) is 0 Å². The van der Waals surface area contributed by atoms with Gasteiger partial charge >= 0.3 is 0 Å². The lowest BCUT2D eigenvalue weighted by molar-refractivity contribution is 0.111. The van der Waals surface area contributed by atoms with Crippen molar-refractivity contribution in [1.29, 1.82) is 0 Å². The molecule has 0 aliphatic carbocycles. The van der Waals surface area contributed by atoms with Gasteiger partial charge in [-0.15, -0.1) is 0 Å². The Balaban J connectivity index is 2.67. The van der Waals surface area contributed by atoms with E-state index in [2.05, 4.69) is 15.9 Å². The summed E-state index contributed by atoms with van der Waals surface area (Å²) in [5.74, 6) is -0.247. The Bertz CT molecular complexity index is 384. The van der Waals surface area contributed by atoms with Gasteiger partial charge in [0.15, 0.2) is 0 Å². The minimum Gasteiger partial charge on any atom is -0.491 e. The van der Waals surface area contributed by atoms with E-state index in [0.29, 0.717) is 18.1 Å². The molecule has 14 heavy (non-hydrogen) atoms. The van der Waals surface area contributed by atoms with E-state index in [9.17, 15) is 9.50 Å². The molecule has 5 heteroatoms. The summed E-state index contributed by atoms with van der Waals surface area (Å²) in [4.78, 5) is 0. The van der Waals surface area contributed by atoms with Crippen molar-refractivity contribution in [3.8, 4) is 5.75 Å². The summed E-state index contributed by atoms with van der Waals surface area (Å²) in [6, 6.07) is 1.42. The monoisotopic (exact) mass is 280 g/mol. The maximum Gasteiger partial charge on any atom is 0.147 e. The third kappa shape index (κ3) is 1.51. The van der Waals surface area contributed by atoms with Crippen molar-refractivity contribution in [2.75, 3.05) is 6.61 Å². The summed E-state index contributed by atoms with van der Waals surface area (Å²) >= 11 is 8.88. The predicted octanol–water partition coefficient (Wildman–Crippen LogP) is 3.06. The number of ether oxygens (including phenoxy) is 1. The van der Waals surface area contributed by atoms with Gasteiger partial charge in [0.2, 0.25) is 0 Å². The third-order valence-electron chi connectivity index (χ3n) is 2.13. The van der Waals surface area contributed by atoms with Gasteiger partial charge in [0.1, 0.15) is 11.6 Å². The van der Waals surface area contributed by atoms with E-state index in [0.717, 1.165) is 0 Å². The number of halogens is 3. The van der Waals surface area contributed by atoms with Gasteiger partial charge in [-0.3, -0.25) is 0 Å². The van der Waals surface area contributed by atoms with Gasteiger partial charge in [0.05, 0.1) is 27.8 Å². The van der Waals surface area contributed by atoms with E-state index in [1.807, 2.05) is 0 Å². The molecule has 1 N–H and O–H groups in total. The van der Waals surface area contributed by atoms with E-state index >= 15 is 0 Å². The maximum absolute atomic E-state index is 13.6. The van der Waals surface area contributed by atoms with E-state index in [4.69, 9.17) is 16.3 Å². The Morgan fingerprint density at radius 3 is 3.07 bits per heavy atom. The van der Waals surface area contributed by atoms with Crippen LogP contribution < -0.4 is 4.74 Å². The first-order chi connectivity index (χ1) is 6.61. The Labute approximate surface area is 93.8 Å². The molecule has 0 saturated carbocycles. The second kappa shape index (κ2) is 3.68. The summed E-state index contributed by atoms with van der Waals surface area (Å²) < 4.78 is 19.0. The van der Waals surface area contributed by atoms with Crippen molar-refractivity contribution in [2.45, 2.75) is 12.5 Å². The van der Waals surface area contributed by atoms with Crippen LogP contribution in [0, 0.1) is 5.82 Å². The number of aliphatic hydroxyl groups is 1.